The van der Waals surface area contributed by atoms with Gasteiger partial charge in [-0.15, -0.1) is 0 Å². The summed E-state index contributed by atoms with van der Waals surface area (Å²) in [5.74, 6) is 0.102. The van der Waals surface area contributed by atoms with Crippen LogP contribution in [-0.2, 0) is 4.79 Å². The van der Waals surface area contributed by atoms with Crippen molar-refractivity contribution in [1.82, 2.24) is 5.32 Å². The summed E-state index contributed by atoms with van der Waals surface area (Å²) in [5.41, 5.74) is 6.83. The highest BCUT2D eigenvalue weighted by atomic mass is 79.9. The molecule has 0 fully saturated rings. The van der Waals surface area contributed by atoms with Crippen LogP contribution in [0.2, 0.25) is 0 Å². The van der Waals surface area contributed by atoms with E-state index in [0.29, 0.717) is 13.0 Å². The molecule has 0 spiro atoms. The second-order valence-electron chi connectivity index (χ2n) is 6.04. The van der Waals surface area contributed by atoms with Crippen molar-refractivity contribution in [3.8, 4) is 0 Å². The Labute approximate surface area is 130 Å². The van der Waals surface area contributed by atoms with E-state index in [1.165, 1.54) is 0 Å². The molecule has 3 N–H and O–H groups in total. The van der Waals surface area contributed by atoms with Crippen molar-refractivity contribution in [2.45, 2.75) is 46.1 Å². The summed E-state index contributed by atoms with van der Waals surface area (Å²) in [6.07, 6.45) is 2.36. The third-order valence-corrected chi connectivity index (χ3v) is 4.13. The number of hydrogen-bond donors (Lipinski definition) is 2. The van der Waals surface area contributed by atoms with Crippen molar-refractivity contribution in [3.63, 3.8) is 0 Å². The van der Waals surface area contributed by atoms with Crippen LogP contribution in [-0.4, -0.2) is 12.5 Å². The molecule has 0 bridgehead atoms. The molecule has 0 radical (unpaired) electrons. The third kappa shape index (κ3) is 6.06. The monoisotopic (exact) mass is 340 g/mol. The molecular formula is C16H25BrN2O. The Hall–Kier alpha value is -0.870. The Morgan fingerprint density at radius 2 is 1.90 bits per heavy atom. The Bertz CT molecular complexity index is 429. The highest BCUT2D eigenvalue weighted by Crippen LogP contribution is 2.26. The van der Waals surface area contributed by atoms with Crippen molar-refractivity contribution >= 4 is 21.8 Å². The Morgan fingerprint density at radius 1 is 1.30 bits per heavy atom. The molecule has 20 heavy (non-hydrogen) atoms. The number of hydrogen-bond acceptors (Lipinski definition) is 2. The van der Waals surface area contributed by atoms with Crippen molar-refractivity contribution < 1.29 is 4.79 Å². The van der Waals surface area contributed by atoms with Gasteiger partial charge in [-0.05, 0) is 49.4 Å². The summed E-state index contributed by atoms with van der Waals surface area (Å²) in [7, 11) is 0. The number of nitrogens with one attached hydrogen (secondary N) is 1. The van der Waals surface area contributed by atoms with Crippen LogP contribution in [0.25, 0.3) is 0 Å². The molecule has 0 aliphatic carbocycles. The van der Waals surface area contributed by atoms with Crippen molar-refractivity contribution in [3.05, 3.63) is 34.3 Å². The Morgan fingerprint density at radius 3 is 2.45 bits per heavy atom. The molecule has 0 aliphatic heterocycles. The van der Waals surface area contributed by atoms with E-state index < -0.39 is 0 Å². The van der Waals surface area contributed by atoms with Gasteiger partial charge in [0.15, 0.2) is 0 Å². The molecule has 0 heterocycles. The fourth-order valence-corrected chi connectivity index (χ4v) is 2.38. The zero-order valence-electron chi connectivity index (χ0n) is 12.6. The predicted molar refractivity (Wildman–Crippen MR) is 87.4 cm³/mol. The first-order valence-electron chi connectivity index (χ1n) is 7.09. The normalized spacial score (nSPS) is 13.1. The van der Waals surface area contributed by atoms with Crippen molar-refractivity contribution in [1.29, 1.82) is 0 Å². The second-order valence-corrected chi connectivity index (χ2v) is 6.96. The molecule has 0 saturated heterocycles. The van der Waals surface area contributed by atoms with Gasteiger partial charge in [0.1, 0.15) is 0 Å². The minimum absolute atomic E-state index is 0.0354. The van der Waals surface area contributed by atoms with Crippen LogP contribution >= 0.6 is 15.9 Å². The molecule has 1 amide bonds. The van der Waals surface area contributed by atoms with E-state index in [4.69, 9.17) is 5.73 Å². The number of nitrogens with two attached hydrogens (primary N) is 1. The Kier molecular flexibility index (Phi) is 6.69. The number of rotatable bonds is 7. The summed E-state index contributed by atoms with van der Waals surface area (Å²) in [4.78, 5) is 12.0. The molecule has 1 rings (SSSR count). The van der Waals surface area contributed by atoms with Gasteiger partial charge >= 0.3 is 0 Å². The van der Waals surface area contributed by atoms with Crippen molar-refractivity contribution in [2.75, 3.05) is 6.54 Å². The molecule has 1 aromatic carbocycles. The van der Waals surface area contributed by atoms with E-state index in [9.17, 15) is 4.79 Å². The summed E-state index contributed by atoms with van der Waals surface area (Å²) in [6.45, 7) is 6.99. The summed E-state index contributed by atoms with van der Waals surface area (Å²) in [6, 6.07) is 8.05. The van der Waals surface area contributed by atoms with Crippen molar-refractivity contribution in [2.24, 2.45) is 11.1 Å². The average Bonchev–Trinajstić information content (AvgIpc) is 2.37. The van der Waals surface area contributed by atoms with Crippen LogP contribution in [0.4, 0.5) is 0 Å². The number of carbonyl (C=O) groups excluding carboxylic acids is 1. The van der Waals surface area contributed by atoms with Crippen LogP contribution in [0.3, 0.4) is 0 Å². The van der Waals surface area contributed by atoms with E-state index in [0.717, 1.165) is 22.9 Å². The second kappa shape index (κ2) is 7.79. The molecule has 0 unspecified atom stereocenters. The minimum atomic E-state index is 0.0354. The lowest BCUT2D eigenvalue weighted by Crippen LogP contribution is -2.28. The lowest BCUT2D eigenvalue weighted by molar-refractivity contribution is -0.122. The maximum atomic E-state index is 12.0. The van der Waals surface area contributed by atoms with Gasteiger partial charge in [-0.2, -0.15) is 0 Å². The smallest absolute Gasteiger partial charge is 0.220 e. The lowest BCUT2D eigenvalue weighted by atomic mass is 9.84. The number of amides is 1. The fourth-order valence-electron chi connectivity index (χ4n) is 2.12. The van der Waals surface area contributed by atoms with Crippen LogP contribution < -0.4 is 11.1 Å². The zero-order valence-corrected chi connectivity index (χ0v) is 14.2. The van der Waals surface area contributed by atoms with E-state index in [-0.39, 0.29) is 17.4 Å². The number of carbonyl (C=O) groups is 1. The summed E-state index contributed by atoms with van der Waals surface area (Å²) in [5, 5.41) is 3.04. The van der Waals surface area contributed by atoms with Gasteiger partial charge in [-0.3, -0.25) is 4.79 Å². The van der Waals surface area contributed by atoms with Gasteiger partial charge in [0, 0.05) is 10.9 Å². The first kappa shape index (κ1) is 17.2. The molecule has 1 atom stereocenters. The van der Waals surface area contributed by atoms with Gasteiger partial charge in [0.25, 0.3) is 0 Å². The molecular weight excluding hydrogens is 316 g/mol. The minimum Gasteiger partial charge on any atom is -0.350 e. The lowest BCUT2D eigenvalue weighted by Gasteiger charge is -2.24. The SMILES string of the molecule is C[C@H](NC(=O)CCC(C)(C)CCN)c1ccc(Br)cc1. The maximum Gasteiger partial charge on any atom is 0.220 e. The summed E-state index contributed by atoms with van der Waals surface area (Å²) >= 11 is 3.41. The van der Waals surface area contributed by atoms with Gasteiger partial charge in [-0.25, -0.2) is 0 Å². The molecule has 1 aromatic rings. The molecule has 3 nitrogen and oxygen atoms in total. The highest BCUT2D eigenvalue weighted by Gasteiger charge is 2.19. The predicted octanol–water partition coefficient (Wildman–Crippen LogP) is 3.78. The highest BCUT2D eigenvalue weighted by molar-refractivity contribution is 9.10. The fraction of sp³-hybridized carbons (Fsp3) is 0.562. The third-order valence-electron chi connectivity index (χ3n) is 3.60. The van der Waals surface area contributed by atoms with E-state index in [2.05, 4.69) is 35.1 Å². The van der Waals surface area contributed by atoms with E-state index >= 15 is 0 Å². The van der Waals surface area contributed by atoms with Gasteiger partial charge in [-0.1, -0.05) is 41.9 Å². The molecule has 4 heteroatoms. The Balaban J connectivity index is 2.44. The van der Waals surface area contributed by atoms with E-state index in [1.54, 1.807) is 0 Å². The number of halogens is 1. The molecule has 0 saturated carbocycles. The van der Waals surface area contributed by atoms with Gasteiger partial charge in [0.2, 0.25) is 5.91 Å². The first-order chi connectivity index (χ1) is 9.34. The largest absolute Gasteiger partial charge is 0.350 e. The standard InChI is InChI=1S/C16H25BrN2O/c1-12(13-4-6-14(17)7-5-13)19-15(20)8-9-16(2,3)10-11-18/h4-7,12H,8-11,18H2,1-3H3,(H,19,20)/t12-/m0/s1. The molecule has 0 aromatic heterocycles. The quantitative estimate of drug-likeness (QED) is 0.793. The topological polar surface area (TPSA) is 55.1 Å². The van der Waals surface area contributed by atoms with Crippen LogP contribution in [0, 0.1) is 5.41 Å². The van der Waals surface area contributed by atoms with E-state index in [1.807, 2.05) is 31.2 Å². The van der Waals surface area contributed by atoms with Crippen LogP contribution in [0.5, 0.6) is 0 Å². The summed E-state index contributed by atoms with van der Waals surface area (Å²) < 4.78 is 1.04. The average molecular weight is 341 g/mol. The van der Waals surface area contributed by atoms with Gasteiger partial charge in [0.05, 0.1) is 6.04 Å². The number of benzene rings is 1. The molecule has 0 aliphatic rings. The molecule has 112 valence electrons. The van der Waals surface area contributed by atoms with Gasteiger partial charge < -0.3 is 11.1 Å². The maximum absolute atomic E-state index is 12.0. The van der Waals surface area contributed by atoms with Crippen LogP contribution in [0.1, 0.15) is 51.6 Å². The first-order valence-corrected chi connectivity index (χ1v) is 7.88. The zero-order chi connectivity index (χ0) is 15.2. The van der Waals surface area contributed by atoms with Crippen LogP contribution in [0.15, 0.2) is 28.7 Å².